The van der Waals surface area contributed by atoms with Gasteiger partial charge in [-0.15, -0.1) is 12.4 Å². The van der Waals surface area contributed by atoms with Gasteiger partial charge in [-0.2, -0.15) is 4.36 Å². The van der Waals surface area contributed by atoms with Crippen LogP contribution >= 0.6 is 12.4 Å². The van der Waals surface area contributed by atoms with Crippen molar-refractivity contribution >= 4 is 28.0 Å². The number of nitrogens with zero attached hydrogens (tertiary/aromatic N) is 1. The van der Waals surface area contributed by atoms with Gasteiger partial charge in [-0.1, -0.05) is 0 Å². The number of carbonyl (C=O) groups excluding carboxylic acids is 1. The summed E-state index contributed by atoms with van der Waals surface area (Å²) in [5, 5.41) is 3.01. The van der Waals surface area contributed by atoms with Crippen molar-refractivity contribution in [1.82, 2.24) is 5.32 Å². The lowest BCUT2D eigenvalue weighted by Crippen LogP contribution is -2.29. The molecule has 4 nitrogen and oxygen atoms in total. The van der Waals surface area contributed by atoms with Gasteiger partial charge >= 0.3 is 0 Å². The van der Waals surface area contributed by atoms with Crippen molar-refractivity contribution in [2.45, 2.75) is 18.9 Å². The fourth-order valence-electron chi connectivity index (χ4n) is 1.18. The van der Waals surface area contributed by atoms with E-state index in [4.69, 9.17) is 0 Å². The van der Waals surface area contributed by atoms with E-state index in [1.54, 1.807) is 0 Å². The van der Waals surface area contributed by atoms with E-state index in [9.17, 15) is 9.00 Å². The number of nitrogens with one attached hydrogen (secondary N) is 1. The van der Waals surface area contributed by atoms with Crippen LogP contribution in [-0.2, 0) is 14.5 Å². The monoisotopic (exact) mass is 226 g/mol. The fraction of sp³-hybridized carbons (Fsp3) is 0.857. The highest BCUT2D eigenvalue weighted by atomic mass is 35.5. The molecule has 13 heavy (non-hydrogen) atoms. The summed E-state index contributed by atoms with van der Waals surface area (Å²) < 4.78 is 14.8. The average Bonchev–Trinajstić information content (AvgIpc) is 2.32. The molecule has 1 heterocycles. The number of hydrogen-bond donors (Lipinski definition) is 1. The standard InChI is InChI=1S/C7H14N2O2S.ClH/c1-12(2,11)9-7(10)6-4-3-5-8-6;/h6,8H,3-5H2,1-2H3;1H/t6-;/m0./s1. The first-order chi connectivity index (χ1) is 5.49. The van der Waals surface area contributed by atoms with Gasteiger partial charge in [0.05, 0.1) is 6.04 Å². The van der Waals surface area contributed by atoms with Crippen LogP contribution in [-0.4, -0.2) is 35.2 Å². The summed E-state index contributed by atoms with van der Waals surface area (Å²) in [5.41, 5.74) is 0. The molecule has 0 aromatic carbocycles. The number of carbonyl (C=O) groups is 1. The minimum Gasteiger partial charge on any atom is -0.306 e. The minimum atomic E-state index is -2.28. The second kappa shape index (κ2) is 4.93. The summed E-state index contributed by atoms with van der Waals surface area (Å²) in [6.45, 7) is 0.862. The Hall–Kier alpha value is -0.130. The highest BCUT2D eigenvalue weighted by Crippen LogP contribution is 2.06. The Labute approximate surface area is 85.1 Å². The van der Waals surface area contributed by atoms with Crippen LogP contribution in [0.3, 0.4) is 0 Å². The van der Waals surface area contributed by atoms with Gasteiger partial charge in [-0.05, 0) is 19.4 Å². The predicted octanol–water partition coefficient (Wildman–Crippen LogP) is 0.414. The van der Waals surface area contributed by atoms with Crippen molar-refractivity contribution in [3.05, 3.63) is 0 Å². The van der Waals surface area contributed by atoms with Gasteiger partial charge < -0.3 is 5.32 Å². The van der Waals surface area contributed by atoms with E-state index in [1.807, 2.05) is 0 Å². The molecule has 1 N–H and O–H groups in total. The molecule has 0 aromatic heterocycles. The highest BCUT2D eigenvalue weighted by Gasteiger charge is 2.21. The van der Waals surface area contributed by atoms with Gasteiger partial charge in [0, 0.05) is 22.2 Å². The summed E-state index contributed by atoms with van der Waals surface area (Å²) in [7, 11) is -2.28. The van der Waals surface area contributed by atoms with Crippen LogP contribution in [0.25, 0.3) is 0 Å². The second-order valence-corrected chi connectivity index (χ2v) is 5.80. The normalized spacial score (nSPS) is 22.2. The predicted molar refractivity (Wildman–Crippen MR) is 55.7 cm³/mol. The Morgan fingerprint density at radius 2 is 2.15 bits per heavy atom. The number of rotatable bonds is 1. The molecular formula is C7H15ClN2O2S. The van der Waals surface area contributed by atoms with Gasteiger partial charge in [-0.25, -0.2) is 4.21 Å². The van der Waals surface area contributed by atoms with E-state index >= 15 is 0 Å². The van der Waals surface area contributed by atoms with Gasteiger partial charge in [0.2, 0.25) is 0 Å². The van der Waals surface area contributed by atoms with Crippen molar-refractivity contribution in [2.75, 3.05) is 19.1 Å². The molecule has 1 aliphatic rings. The minimum absolute atomic E-state index is 0. The molecule has 78 valence electrons. The largest absolute Gasteiger partial charge is 0.306 e. The maximum Gasteiger partial charge on any atom is 0.270 e. The topological polar surface area (TPSA) is 58.5 Å². The van der Waals surface area contributed by atoms with Crippen molar-refractivity contribution in [3.8, 4) is 0 Å². The maximum absolute atomic E-state index is 11.3. The van der Waals surface area contributed by atoms with Crippen LogP contribution in [0.5, 0.6) is 0 Å². The molecule has 1 atom stereocenters. The van der Waals surface area contributed by atoms with Crippen LogP contribution in [0.4, 0.5) is 0 Å². The third kappa shape index (κ3) is 4.59. The van der Waals surface area contributed by atoms with Gasteiger partial charge in [-0.3, -0.25) is 4.79 Å². The Morgan fingerprint density at radius 3 is 2.54 bits per heavy atom. The lowest BCUT2D eigenvalue weighted by Gasteiger charge is -2.03. The van der Waals surface area contributed by atoms with Crippen molar-refractivity contribution < 1.29 is 9.00 Å². The SMILES string of the molecule is CS(C)(=O)=NC(=O)[C@@H]1CCCN1.Cl. The molecule has 1 fully saturated rings. The molecule has 0 saturated carbocycles. The lowest BCUT2D eigenvalue weighted by molar-refractivity contribution is -0.119. The second-order valence-electron chi connectivity index (χ2n) is 3.26. The van der Waals surface area contributed by atoms with Crippen LogP contribution < -0.4 is 5.32 Å². The molecular weight excluding hydrogens is 212 g/mol. The molecule has 6 heteroatoms. The first-order valence-corrected chi connectivity index (χ1v) is 6.26. The molecule has 0 aliphatic carbocycles. The maximum atomic E-state index is 11.3. The van der Waals surface area contributed by atoms with Gasteiger partial charge in [0.15, 0.2) is 0 Å². The number of amides is 1. The molecule has 0 bridgehead atoms. The summed E-state index contributed by atoms with van der Waals surface area (Å²) in [4.78, 5) is 11.3. The quantitative estimate of drug-likeness (QED) is 0.705. The zero-order valence-electron chi connectivity index (χ0n) is 7.78. The fourth-order valence-corrected chi connectivity index (χ4v) is 1.74. The zero-order valence-corrected chi connectivity index (χ0v) is 9.41. The molecule has 1 aliphatic heterocycles. The van der Waals surface area contributed by atoms with Crippen LogP contribution in [0, 0.1) is 0 Å². The average molecular weight is 227 g/mol. The Bertz CT molecular complexity index is 283. The zero-order chi connectivity index (χ0) is 9.19. The van der Waals surface area contributed by atoms with E-state index in [-0.39, 0.29) is 24.4 Å². The Morgan fingerprint density at radius 1 is 1.54 bits per heavy atom. The Kier molecular flexibility index (Phi) is 4.88. The lowest BCUT2D eigenvalue weighted by atomic mass is 10.2. The molecule has 0 unspecified atom stereocenters. The summed E-state index contributed by atoms with van der Waals surface area (Å²) >= 11 is 0. The van der Waals surface area contributed by atoms with Crippen molar-refractivity contribution in [3.63, 3.8) is 0 Å². The van der Waals surface area contributed by atoms with E-state index in [0.717, 1.165) is 19.4 Å². The van der Waals surface area contributed by atoms with Gasteiger partial charge in [0.25, 0.3) is 5.91 Å². The summed E-state index contributed by atoms with van der Waals surface area (Å²) in [5.74, 6) is -0.262. The highest BCUT2D eigenvalue weighted by molar-refractivity contribution is 7.92. The van der Waals surface area contributed by atoms with E-state index in [2.05, 4.69) is 9.68 Å². The first-order valence-electron chi connectivity index (χ1n) is 3.93. The first kappa shape index (κ1) is 12.9. The number of hydrogen-bond acceptors (Lipinski definition) is 3. The third-order valence-corrected chi connectivity index (χ3v) is 2.29. The smallest absolute Gasteiger partial charge is 0.270 e. The van der Waals surface area contributed by atoms with Crippen LogP contribution in [0.1, 0.15) is 12.8 Å². The van der Waals surface area contributed by atoms with E-state index in [0.29, 0.717) is 0 Å². The molecule has 0 spiro atoms. The molecule has 1 saturated heterocycles. The number of halogens is 1. The van der Waals surface area contributed by atoms with Gasteiger partial charge in [0.1, 0.15) is 0 Å². The molecule has 1 amide bonds. The molecule has 0 aromatic rings. The van der Waals surface area contributed by atoms with Crippen LogP contribution in [0.15, 0.2) is 4.36 Å². The van der Waals surface area contributed by atoms with E-state index in [1.165, 1.54) is 12.5 Å². The summed E-state index contributed by atoms with van der Waals surface area (Å²) in [6.07, 6.45) is 4.76. The molecule has 1 rings (SSSR count). The van der Waals surface area contributed by atoms with Crippen molar-refractivity contribution in [2.24, 2.45) is 4.36 Å². The Balaban J connectivity index is 0.00000144. The van der Waals surface area contributed by atoms with E-state index < -0.39 is 9.73 Å². The summed E-state index contributed by atoms with van der Waals surface area (Å²) in [6, 6.07) is -0.189. The van der Waals surface area contributed by atoms with Crippen LogP contribution in [0.2, 0.25) is 0 Å². The molecule has 0 radical (unpaired) electrons. The third-order valence-electron chi connectivity index (χ3n) is 1.67. The van der Waals surface area contributed by atoms with Crippen molar-refractivity contribution in [1.29, 1.82) is 0 Å².